The predicted octanol–water partition coefficient (Wildman–Crippen LogP) is 5.83. The second kappa shape index (κ2) is 12.7. The maximum absolute atomic E-state index is 14.0. The van der Waals surface area contributed by atoms with Crippen LogP contribution in [0.25, 0.3) is 5.69 Å². The lowest BCUT2D eigenvalue weighted by atomic mass is 9.93. The van der Waals surface area contributed by atoms with Crippen LogP contribution in [-0.2, 0) is 11.0 Å². The van der Waals surface area contributed by atoms with Crippen LogP contribution in [0.3, 0.4) is 0 Å². The molecule has 42 heavy (non-hydrogen) atoms. The van der Waals surface area contributed by atoms with Crippen LogP contribution in [-0.4, -0.2) is 63.9 Å². The predicted molar refractivity (Wildman–Crippen MR) is 147 cm³/mol. The van der Waals surface area contributed by atoms with Crippen LogP contribution in [0.15, 0.2) is 30.5 Å². The molecule has 12 heteroatoms. The van der Waals surface area contributed by atoms with Crippen molar-refractivity contribution in [2.24, 2.45) is 0 Å². The normalized spacial score (nSPS) is 20.7. The summed E-state index contributed by atoms with van der Waals surface area (Å²) in [5.74, 6) is -3.29. The van der Waals surface area contributed by atoms with Crippen LogP contribution in [0.2, 0.25) is 0 Å². The van der Waals surface area contributed by atoms with Crippen molar-refractivity contribution in [3.05, 3.63) is 47.5 Å². The lowest BCUT2D eigenvalue weighted by Crippen LogP contribution is -2.47. The molecule has 0 spiro atoms. The highest BCUT2D eigenvalue weighted by atomic mass is 19.4. The van der Waals surface area contributed by atoms with Gasteiger partial charge >= 0.3 is 6.18 Å². The molecule has 2 aliphatic carbocycles. The summed E-state index contributed by atoms with van der Waals surface area (Å²) >= 11 is 0. The number of amides is 2. The zero-order valence-corrected chi connectivity index (χ0v) is 23.6. The Morgan fingerprint density at radius 3 is 2.45 bits per heavy atom. The summed E-state index contributed by atoms with van der Waals surface area (Å²) in [6, 6.07) is 4.66. The van der Waals surface area contributed by atoms with Crippen LogP contribution < -0.4 is 10.6 Å². The van der Waals surface area contributed by atoms with E-state index in [1.807, 2.05) is 0 Å². The van der Waals surface area contributed by atoms with E-state index < -0.39 is 29.6 Å². The minimum atomic E-state index is -4.60. The number of hydrogen-bond acceptors (Lipinski definition) is 4. The second-order valence-corrected chi connectivity index (χ2v) is 11.9. The Morgan fingerprint density at radius 2 is 1.79 bits per heavy atom. The van der Waals surface area contributed by atoms with Crippen molar-refractivity contribution >= 4 is 11.8 Å². The number of aromatic nitrogens is 2. The first-order valence-corrected chi connectivity index (χ1v) is 14.9. The Labute approximate surface area is 242 Å². The Kier molecular flexibility index (Phi) is 9.20. The summed E-state index contributed by atoms with van der Waals surface area (Å²) in [6.45, 7) is 0.423. The Morgan fingerprint density at radius 1 is 1.05 bits per heavy atom. The van der Waals surface area contributed by atoms with E-state index in [1.54, 1.807) is 4.90 Å². The van der Waals surface area contributed by atoms with Gasteiger partial charge in [0.2, 0.25) is 5.91 Å². The molecule has 2 N–H and O–H groups in total. The lowest BCUT2D eigenvalue weighted by Gasteiger charge is -2.33. The fraction of sp³-hybridized carbons (Fsp3) is 0.633. The SMILES string of the molecule is O=C(CC(CCN1CCCC(F)(F)C1)NC(=O)c1cn(-c2ccccc2C(F)(F)F)c(C2CCCC2)n1)NC1CCC1. The average Bonchev–Trinajstić information content (AvgIpc) is 3.59. The minimum absolute atomic E-state index is 0.0282. The number of carbonyl (C=O) groups excluding carboxylic acids is 2. The number of rotatable bonds is 10. The largest absolute Gasteiger partial charge is 0.418 e. The summed E-state index contributed by atoms with van der Waals surface area (Å²) in [6.07, 6.45) is 3.40. The van der Waals surface area contributed by atoms with Gasteiger partial charge in [0.25, 0.3) is 11.8 Å². The number of alkyl halides is 5. The zero-order chi connectivity index (χ0) is 29.9. The maximum Gasteiger partial charge on any atom is 0.418 e. The van der Waals surface area contributed by atoms with Gasteiger partial charge in [-0.25, -0.2) is 13.8 Å². The molecule has 7 nitrogen and oxygen atoms in total. The highest BCUT2D eigenvalue weighted by molar-refractivity contribution is 5.93. The summed E-state index contributed by atoms with van der Waals surface area (Å²) in [5, 5.41) is 5.80. The number of hydrogen-bond donors (Lipinski definition) is 2. The highest BCUT2D eigenvalue weighted by Gasteiger charge is 2.37. The molecule has 5 rings (SSSR count). The van der Waals surface area contributed by atoms with E-state index in [-0.39, 0.29) is 61.6 Å². The number of benzene rings is 1. The smallest absolute Gasteiger partial charge is 0.353 e. The van der Waals surface area contributed by atoms with Gasteiger partial charge < -0.3 is 15.2 Å². The first-order valence-electron chi connectivity index (χ1n) is 14.9. The third-order valence-electron chi connectivity index (χ3n) is 8.66. The van der Waals surface area contributed by atoms with Gasteiger partial charge in [-0.15, -0.1) is 0 Å². The highest BCUT2D eigenvalue weighted by Crippen LogP contribution is 2.38. The van der Waals surface area contributed by atoms with Gasteiger partial charge in [0.1, 0.15) is 11.5 Å². The molecule has 1 aromatic carbocycles. The van der Waals surface area contributed by atoms with Crippen LogP contribution in [0.4, 0.5) is 22.0 Å². The fourth-order valence-electron chi connectivity index (χ4n) is 6.22. The van der Waals surface area contributed by atoms with Gasteiger partial charge in [-0.1, -0.05) is 25.0 Å². The van der Waals surface area contributed by atoms with Crippen molar-refractivity contribution < 1.29 is 31.5 Å². The Bertz CT molecular complexity index is 1250. The molecule has 3 fully saturated rings. The third kappa shape index (κ3) is 7.48. The van der Waals surface area contributed by atoms with Gasteiger partial charge in [-0.2, -0.15) is 13.2 Å². The molecule has 2 amide bonds. The van der Waals surface area contributed by atoms with E-state index in [0.29, 0.717) is 18.8 Å². The molecule has 0 bridgehead atoms. The summed E-state index contributed by atoms with van der Waals surface area (Å²) in [5.41, 5.74) is -0.957. The number of imidazole rings is 1. The molecular formula is C30H38F5N5O2. The summed E-state index contributed by atoms with van der Waals surface area (Å²) in [7, 11) is 0. The quantitative estimate of drug-likeness (QED) is 0.339. The molecule has 1 aromatic heterocycles. The van der Waals surface area contributed by atoms with Crippen LogP contribution in [0.1, 0.15) is 98.4 Å². The number of carbonyl (C=O) groups is 2. The number of likely N-dealkylation sites (tertiary alicyclic amines) is 1. The van der Waals surface area contributed by atoms with Crippen LogP contribution >= 0.6 is 0 Å². The van der Waals surface area contributed by atoms with Crippen molar-refractivity contribution in [3.63, 3.8) is 0 Å². The zero-order valence-electron chi connectivity index (χ0n) is 23.6. The second-order valence-electron chi connectivity index (χ2n) is 11.9. The van der Waals surface area contributed by atoms with Crippen molar-refractivity contribution in [1.29, 1.82) is 0 Å². The molecule has 1 aliphatic heterocycles. The first-order chi connectivity index (χ1) is 20.0. The van der Waals surface area contributed by atoms with E-state index in [4.69, 9.17) is 0 Å². The molecule has 1 unspecified atom stereocenters. The first kappa shape index (κ1) is 30.4. The monoisotopic (exact) mass is 595 g/mol. The van der Waals surface area contributed by atoms with E-state index in [1.165, 1.54) is 29.0 Å². The number of para-hydroxylation sites is 1. The van der Waals surface area contributed by atoms with Crippen LogP contribution in [0.5, 0.6) is 0 Å². The number of piperidine rings is 1. The molecule has 230 valence electrons. The molecule has 2 saturated carbocycles. The molecule has 0 radical (unpaired) electrons. The van der Waals surface area contributed by atoms with Gasteiger partial charge in [-0.3, -0.25) is 14.5 Å². The number of nitrogens with one attached hydrogen (secondary N) is 2. The summed E-state index contributed by atoms with van der Waals surface area (Å²) in [4.78, 5) is 32.4. The van der Waals surface area contributed by atoms with Crippen LogP contribution in [0, 0.1) is 0 Å². The number of nitrogens with zero attached hydrogens (tertiary/aromatic N) is 3. The maximum atomic E-state index is 14.0. The van der Waals surface area contributed by atoms with Gasteiger partial charge in [0.15, 0.2) is 0 Å². The Hall–Kier alpha value is -3.02. The van der Waals surface area contributed by atoms with E-state index >= 15 is 0 Å². The van der Waals surface area contributed by atoms with Gasteiger partial charge in [-0.05, 0) is 63.6 Å². The van der Waals surface area contributed by atoms with Crippen molar-refractivity contribution in [3.8, 4) is 5.69 Å². The topological polar surface area (TPSA) is 79.3 Å². The van der Waals surface area contributed by atoms with Crippen molar-refractivity contribution in [1.82, 2.24) is 25.1 Å². The van der Waals surface area contributed by atoms with E-state index in [2.05, 4.69) is 15.6 Å². The third-order valence-corrected chi connectivity index (χ3v) is 8.66. The molecule has 1 atom stereocenters. The van der Waals surface area contributed by atoms with Crippen molar-refractivity contribution in [2.75, 3.05) is 19.6 Å². The summed E-state index contributed by atoms with van der Waals surface area (Å²) < 4.78 is 71.0. The number of halogens is 5. The molecule has 2 aromatic rings. The van der Waals surface area contributed by atoms with E-state index in [9.17, 15) is 31.5 Å². The van der Waals surface area contributed by atoms with Gasteiger partial charge in [0.05, 0.1) is 17.8 Å². The van der Waals surface area contributed by atoms with Gasteiger partial charge in [0, 0.05) is 43.6 Å². The van der Waals surface area contributed by atoms with Crippen molar-refractivity contribution in [2.45, 2.75) is 101 Å². The molecule has 1 saturated heterocycles. The standard InChI is InChI=1S/C30H38F5N5O2/c31-29(32)14-6-15-39(19-29)16-13-22(17-26(41)36-21-9-5-10-21)37-28(42)24-18-40(27(38-24)20-7-1-2-8-20)25-12-4-3-11-23(25)30(33,34)35/h3-4,11-12,18,20-22H,1-2,5-10,13-17,19H2,(H,36,41)(H,37,42). The fourth-order valence-corrected chi connectivity index (χ4v) is 6.22. The lowest BCUT2D eigenvalue weighted by molar-refractivity contribution is -0.137. The Balaban J connectivity index is 1.37. The molecule has 2 heterocycles. The minimum Gasteiger partial charge on any atom is -0.353 e. The average molecular weight is 596 g/mol. The molecule has 3 aliphatic rings. The molecular weight excluding hydrogens is 557 g/mol. The van der Waals surface area contributed by atoms with E-state index in [0.717, 1.165) is 51.0 Å².